The molecule has 0 spiro atoms. The molecule has 1 aromatic heterocycles. The number of thiazole rings is 1. The van der Waals surface area contributed by atoms with Gasteiger partial charge in [-0.2, -0.15) is 0 Å². The third-order valence-corrected chi connectivity index (χ3v) is 5.78. The van der Waals surface area contributed by atoms with Crippen LogP contribution in [-0.4, -0.2) is 41.2 Å². The van der Waals surface area contributed by atoms with Gasteiger partial charge in [0, 0.05) is 31.1 Å². The topological polar surface area (TPSA) is 82.6 Å². The van der Waals surface area contributed by atoms with E-state index < -0.39 is 5.82 Å². The maximum atomic E-state index is 14.2. The van der Waals surface area contributed by atoms with Crippen LogP contribution in [0.4, 0.5) is 20.9 Å². The first-order chi connectivity index (χ1) is 16.3. The predicted octanol–water partition coefficient (Wildman–Crippen LogP) is 4.64. The summed E-state index contributed by atoms with van der Waals surface area (Å²) in [5.74, 6) is -1.61. The number of amides is 3. The lowest BCUT2D eigenvalue weighted by atomic mass is 10.1. The molecule has 0 aliphatic rings. The van der Waals surface area contributed by atoms with E-state index in [1.54, 1.807) is 11.4 Å². The first-order valence-corrected chi connectivity index (χ1v) is 11.5. The Kier molecular flexibility index (Phi) is 8.26. The molecular weight excluding hydrogens is 455 g/mol. The van der Waals surface area contributed by atoms with Crippen LogP contribution in [0.15, 0.2) is 60.0 Å². The van der Waals surface area contributed by atoms with Crippen molar-refractivity contribution in [2.45, 2.75) is 20.3 Å². The number of aryl methyl sites for hydroxylation is 1. The first kappa shape index (κ1) is 24.8. The van der Waals surface area contributed by atoms with Gasteiger partial charge in [0.2, 0.25) is 17.7 Å². The highest BCUT2D eigenvalue weighted by molar-refractivity contribution is 7.14. The van der Waals surface area contributed by atoms with E-state index in [1.807, 2.05) is 31.2 Å². The van der Waals surface area contributed by atoms with Crippen LogP contribution in [-0.2, 0) is 20.8 Å². The molecule has 0 fully saturated rings. The summed E-state index contributed by atoms with van der Waals surface area (Å²) in [4.78, 5) is 43.8. The molecule has 0 bridgehead atoms. The number of anilines is 3. The monoisotopic (exact) mass is 480 g/mol. The third kappa shape index (κ3) is 6.14. The molecule has 0 aliphatic heterocycles. The average molecular weight is 481 g/mol. The van der Waals surface area contributed by atoms with E-state index in [2.05, 4.69) is 10.3 Å². The number of aromatic nitrogens is 1. The predicted molar refractivity (Wildman–Crippen MR) is 132 cm³/mol. The molecule has 2 aromatic carbocycles. The smallest absolute Gasteiger partial charge is 0.246 e. The largest absolute Gasteiger partial charge is 0.333 e. The lowest BCUT2D eigenvalue weighted by Crippen LogP contribution is -2.34. The number of para-hydroxylation sites is 2. The number of carbonyl (C=O) groups is 3. The van der Waals surface area contributed by atoms with Gasteiger partial charge >= 0.3 is 0 Å². The summed E-state index contributed by atoms with van der Waals surface area (Å²) in [7, 11) is 1.53. The van der Waals surface area contributed by atoms with Crippen molar-refractivity contribution in [1.82, 2.24) is 9.88 Å². The highest BCUT2D eigenvalue weighted by atomic mass is 32.1. The second-order valence-electron chi connectivity index (χ2n) is 7.45. The summed E-state index contributed by atoms with van der Waals surface area (Å²) < 4.78 is 14.2. The van der Waals surface area contributed by atoms with Crippen molar-refractivity contribution in [3.05, 3.63) is 77.1 Å². The van der Waals surface area contributed by atoms with Crippen LogP contribution in [0.2, 0.25) is 0 Å². The summed E-state index contributed by atoms with van der Waals surface area (Å²) in [6.45, 7) is 3.21. The minimum Gasteiger partial charge on any atom is -0.333 e. The zero-order chi connectivity index (χ0) is 24.7. The second kappa shape index (κ2) is 11.3. The second-order valence-corrected chi connectivity index (χ2v) is 8.28. The molecule has 0 saturated heterocycles. The number of carbonyl (C=O) groups excluding carboxylic acids is 3. The van der Waals surface area contributed by atoms with Crippen LogP contribution < -0.4 is 10.2 Å². The van der Waals surface area contributed by atoms with Crippen LogP contribution in [0.3, 0.4) is 0 Å². The van der Waals surface area contributed by atoms with E-state index >= 15 is 0 Å². The van der Waals surface area contributed by atoms with Gasteiger partial charge < -0.3 is 10.2 Å². The number of hydrogen-bond donors (Lipinski definition) is 1. The number of benzene rings is 2. The van der Waals surface area contributed by atoms with Crippen LogP contribution >= 0.6 is 11.3 Å². The molecule has 34 heavy (non-hydrogen) atoms. The van der Waals surface area contributed by atoms with Gasteiger partial charge in [-0.15, -0.1) is 11.3 Å². The van der Waals surface area contributed by atoms with Crippen molar-refractivity contribution >= 4 is 51.6 Å². The molecule has 3 rings (SSSR count). The summed E-state index contributed by atoms with van der Waals surface area (Å²) in [5, 5.41) is 4.77. The molecule has 1 heterocycles. The normalized spacial score (nSPS) is 10.8. The van der Waals surface area contributed by atoms with Gasteiger partial charge in [0.25, 0.3) is 0 Å². The van der Waals surface area contributed by atoms with Gasteiger partial charge in [0.15, 0.2) is 5.13 Å². The minimum atomic E-state index is -0.540. The lowest BCUT2D eigenvalue weighted by Gasteiger charge is -2.18. The third-order valence-electron chi connectivity index (χ3n) is 4.94. The fourth-order valence-corrected chi connectivity index (χ4v) is 4.06. The molecule has 0 atom stereocenters. The summed E-state index contributed by atoms with van der Waals surface area (Å²) in [6.07, 6.45) is 3.57. The maximum absolute atomic E-state index is 14.2. The van der Waals surface area contributed by atoms with Gasteiger partial charge in [-0.05, 0) is 36.3 Å². The van der Waals surface area contributed by atoms with Crippen molar-refractivity contribution < 1.29 is 18.8 Å². The van der Waals surface area contributed by atoms with E-state index in [4.69, 9.17) is 0 Å². The SMILES string of the molecule is CCc1ccccc1NC(=O)CN(C)C(=O)/C=C/c1csc(N(C(C)=O)c2ccccc2F)n1. The van der Waals surface area contributed by atoms with E-state index in [9.17, 15) is 18.8 Å². The van der Waals surface area contributed by atoms with Crippen molar-refractivity contribution in [1.29, 1.82) is 0 Å². The van der Waals surface area contributed by atoms with Gasteiger partial charge in [-0.1, -0.05) is 37.3 Å². The standard InChI is InChI=1S/C25H25FN4O3S/c1-4-18-9-5-7-11-21(18)28-23(32)15-29(3)24(33)14-13-19-16-34-25(27-19)30(17(2)31)22-12-8-6-10-20(22)26/h5-14,16H,4,15H2,1-3H3,(H,28,32)/b14-13+. The van der Waals surface area contributed by atoms with Crippen molar-refractivity contribution in [3.8, 4) is 0 Å². The Bertz CT molecular complexity index is 1220. The van der Waals surface area contributed by atoms with Crippen LogP contribution in [0.5, 0.6) is 0 Å². The molecular formula is C25H25FN4O3S. The highest BCUT2D eigenvalue weighted by Gasteiger charge is 2.20. The van der Waals surface area contributed by atoms with E-state index in [1.165, 1.54) is 54.1 Å². The van der Waals surface area contributed by atoms with Crippen LogP contribution in [0.25, 0.3) is 6.08 Å². The Morgan fingerprint density at radius 1 is 1.12 bits per heavy atom. The number of likely N-dealkylation sites (N-methyl/N-ethyl adjacent to an activating group) is 1. The fourth-order valence-electron chi connectivity index (χ4n) is 3.21. The maximum Gasteiger partial charge on any atom is 0.246 e. The molecule has 0 unspecified atom stereocenters. The Labute approximate surface area is 201 Å². The van der Waals surface area contributed by atoms with Crippen LogP contribution in [0.1, 0.15) is 25.1 Å². The highest BCUT2D eigenvalue weighted by Crippen LogP contribution is 2.31. The van der Waals surface area contributed by atoms with Gasteiger partial charge in [-0.3, -0.25) is 19.3 Å². The average Bonchev–Trinajstić information content (AvgIpc) is 3.27. The van der Waals surface area contributed by atoms with Crippen molar-refractivity contribution in [2.75, 3.05) is 23.8 Å². The lowest BCUT2D eigenvalue weighted by molar-refractivity contribution is -0.129. The summed E-state index contributed by atoms with van der Waals surface area (Å²) in [6, 6.07) is 13.4. The zero-order valence-corrected chi connectivity index (χ0v) is 19.9. The Morgan fingerprint density at radius 2 is 1.82 bits per heavy atom. The van der Waals surface area contributed by atoms with E-state index in [-0.39, 0.29) is 35.1 Å². The molecule has 3 amide bonds. The number of rotatable bonds is 8. The Hall–Kier alpha value is -3.85. The molecule has 7 nitrogen and oxygen atoms in total. The van der Waals surface area contributed by atoms with Crippen LogP contribution in [0, 0.1) is 5.82 Å². The molecule has 9 heteroatoms. The Balaban J connectivity index is 1.64. The van der Waals surface area contributed by atoms with Crippen molar-refractivity contribution in [3.63, 3.8) is 0 Å². The first-order valence-electron chi connectivity index (χ1n) is 10.6. The molecule has 3 aromatic rings. The zero-order valence-electron chi connectivity index (χ0n) is 19.1. The van der Waals surface area contributed by atoms with E-state index in [0.717, 1.165) is 29.0 Å². The number of halogens is 1. The number of hydrogen-bond acceptors (Lipinski definition) is 5. The molecule has 1 N–H and O–H groups in total. The molecule has 176 valence electrons. The number of nitrogens with zero attached hydrogens (tertiary/aromatic N) is 3. The van der Waals surface area contributed by atoms with Gasteiger partial charge in [0.05, 0.1) is 17.9 Å². The summed E-state index contributed by atoms with van der Waals surface area (Å²) >= 11 is 1.15. The molecule has 0 saturated carbocycles. The van der Waals surface area contributed by atoms with Crippen molar-refractivity contribution in [2.24, 2.45) is 0 Å². The Morgan fingerprint density at radius 3 is 2.53 bits per heavy atom. The van der Waals surface area contributed by atoms with E-state index in [0.29, 0.717) is 5.69 Å². The fraction of sp³-hybridized carbons (Fsp3) is 0.200. The summed E-state index contributed by atoms with van der Waals surface area (Å²) in [5.41, 5.74) is 2.28. The number of nitrogens with one attached hydrogen (secondary N) is 1. The molecule has 0 radical (unpaired) electrons. The quantitative estimate of drug-likeness (QED) is 0.476. The van der Waals surface area contributed by atoms with Gasteiger partial charge in [-0.25, -0.2) is 9.37 Å². The van der Waals surface area contributed by atoms with Gasteiger partial charge in [0.1, 0.15) is 5.82 Å². The molecule has 0 aliphatic carbocycles. The minimum absolute atomic E-state index is 0.103.